The van der Waals surface area contributed by atoms with Crippen LogP contribution in [0.2, 0.25) is 10.0 Å². The molecular formula is C29H26Cl2N4O7. The number of benzene rings is 2. The molecule has 3 amide bonds. The summed E-state index contributed by atoms with van der Waals surface area (Å²) >= 11 is 12.2. The van der Waals surface area contributed by atoms with Gasteiger partial charge in [-0.05, 0) is 61.2 Å². The number of hydrogen-bond donors (Lipinski definition) is 4. The highest BCUT2D eigenvalue weighted by Gasteiger charge is 2.35. The molecule has 4 rings (SSSR count). The highest BCUT2D eigenvalue weighted by atomic mass is 35.5. The van der Waals surface area contributed by atoms with Crippen molar-refractivity contribution < 1.29 is 34.2 Å². The lowest BCUT2D eigenvalue weighted by molar-refractivity contribution is -0.142. The van der Waals surface area contributed by atoms with Crippen LogP contribution in [-0.4, -0.2) is 68.4 Å². The molecule has 2 aromatic carbocycles. The van der Waals surface area contributed by atoms with E-state index in [1.807, 2.05) is 0 Å². The first-order valence-electron chi connectivity index (χ1n) is 12.9. The number of hydrogen-bond acceptors (Lipinski definition) is 6. The van der Waals surface area contributed by atoms with Gasteiger partial charge < -0.3 is 25.7 Å². The van der Waals surface area contributed by atoms with Crippen LogP contribution >= 0.6 is 23.2 Å². The molecule has 0 saturated carbocycles. The Balaban J connectivity index is 1.41. The number of aliphatic carboxylic acids is 1. The molecule has 0 bridgehead atoms. The number of rotatable bonds is 9. The maximum Gasteiger partial charge on any atom is 0.337 e. The second-order valence-electron chi connectivity index (χ2n) is 9.60. The van der Waals surface area contributed by atoms with Gasteiger partial charge in [0, 0.05) is 24.8 Å². The third-order valence-corrected chi connectivity index (χ3v) is 7.38. The molecular weight excluding hydrogens is 587 g/mol. The Morgan fingerprint density at radius 2 is 1.64 bits per heavy atom. The maximum absolute atomic E-state index is 13.2. The molecule has 1 saturated heterocycles. The number of piperidine rings is 1. The molecule has 1 aliphatic heterocycles. The summed E-state index contributed by atoms with van der Waals surface area (Å²) < 4.78 is 0. The summed E-state index contributed by atoms with van der Waals surface area (Å²) in [5, 5.41) is 24.5. The van der Waals surface area contributed by atoms with Crippen LogP contribution in [0.25, 0.3) is 0 Å². The molecule has 2 heterocycles. The molecule has 0 aliphatic carbocycles. The first kappa shape index (κ1) is 30.5. The number of amides is 3. The van der Waals surface area contributed by atoms with Gasteiger partial charge in [0.25, 0.3) is 11.8 Å². The zero-order chi connectivity index (χ0) is 30.4. The van der Waals surface area contributed by atoms with E-state index in [1.165, 1.54) is 17.0 Å². The van der Waals surface area contributed by atoms with Crippen molar-refractivity contribution in [2.24, 2.45) is 0 Å². The average molecular weight is 613 g/mol. The number of halogens is 2. The van der Waals surface area contributed by atoms with Crippen LogP contribution in [0.15, 0.2) is 60.8 Å². The van der Waals surface area contributed by atoms with E-state index in [1.54, 1.807) is 42.5 Å². The van der Waals surface area contributed by atoms with Gasteiger partial charge in [-0.15, -0.1) is 0 Å². The van der Waals surface area contributed by atoms with Crippen molar-refractivity contribution in [2.75, 3.05) is 11.9 Å². The number of nitrogens with zero attached hydrogens (tertiary/aromatic N) is 2. The first-order valence-corrected chi connectivity index (χ1v) is 13.7. The molecule has 4 N–H and O–H groups in total. The fourth-order valence-corrected chi connectivity index (χ4v) is 5.15. The predicted molar refractivity (Wildman–Crippen MR) is 154 cm³/mol. The summed E-state index contributed by atoms with van der Waals surface area (Å²) in [6, 6.07) is 11.5. The number of aromatic nitrogens is 1. The lowest BCUT2D eigenvalue weighted by Crippen LogP contribution is -2.55. The minimum Gasteiger partial charge on any atom is -0.480 e. The Bertz CT molecular complexity index is 1490. The first-order chi connectivity index (χ1) is 20.0. The van der Waals surface area contributed by atoms with Gasteiger partial charge in [-0.1, -0.05) is 41.4 Å². The van der Waals surface area contributed by atoms with E-state index in [-0.39, 0.29) is 39.8 Å². The van der Waals surface area contributed by atoms with Crippen molar-refractivity contribution in [1.82, 2.24) is 15.2 Å². The average Bonchev–Trinajstić information content (AvgIpc) is 2.97. The zero-order valence-electron chi connectivity index (χ0n) is 22.0. The van der Waals surface area contributed by atoms with Crippen LogP contribution in [0.3, 0.4) is 0 Å². The van der Waals surface area contributed by atoms with Crippen LogP contribution in [-0.2, 0) is 16.0 Å². The number of carboxylic acids is 2. The second kappa shape index (κ2) is 13.5. The topological polar surface area (TPSA) is 166 Å². The molecule has 0 radical (unpaired) electrons. The molecule has 13 heteroatoms. The molecule has 3 aromatic rings. The van der Waals surface area contributed by atoms with Crippen molar-refractivity contribution in [3.8, 4) is 0 Å². The van der Waals surface area contributed by atoms with E-state index in [9.17, 15) is 29.1 Å². The molecule has 218 valence electrons. The Labute approximate surface area is 250 Å². The van der Waals surface area contributed by atoms with Gasteiger partial charge in [0.15, 0.2) is 0 Å². The number of carbonyl (C=O) groups excluding carboxylic acids is 3. The standard InChI is InChI=1S/C29H26Cl2N4O7/c30-19-4-3-5-20(31)24(19)26(37)33-18-10-7-16(8-11-18)14-22(29(41)42)34-25(36)23-6-1-2-13-35(23)27(38)21-12-9-17(15-32-21)28(39)40/h3-5,7-12,15,22-23H,1-2,6,13-14H2,(H,33,37)(H,34,36)(H,39,40)(H,41,42)/t22-,23?/m0/s1. The maximum atomic E-state index is 13.2. The zero-order valence-corrected chi connectivity index (χ0v) is 23.6. The van der Waals surface area contributed by atoms with E-state index < -0.39 is 41.7 Å². The Hall–Kier alpha value is -4.48. The van der Waals surface area contributed by atoms with Gasteiger partial charge in [-0.25, -0.2) is 9.59 Å². The van der Waals surface area contributed by atoms with Gasteiger partial charge in [-0.2, -0.15) is 0 Å². The number of likely N-dealkylation sites (tertiary alicyclic amines) is 1. The van der Waals surface area contributed by atoms with Crippen LogP contribution in [0, 0.1) is 0 Å². The van der Waals surface area contributed by atoms with E-state index >= 15 is 0 Å². The fourth-order valence-electron chi connectivity index (χ4n) is 4.58. The Morgan fingerprint density at radius 3 is 2.24 bits per heavy atom. The number of aromatic carboxylic acids is 1. The largest absolute Gasteiger partial charge is 0.480 e. The molecule has 2 atom stereocenters. The Morgan fingerprint density at radius 1 is 0.952 bits per heavy atom. The third kappa shape index (κ3) is 7.23. The van der Waals surface area contributed by atoms with Crippen molar-refractivity contribution >= 4 is 58.5 Å². The van der Waals surface area contributed by atoms with Crippen LogP contribution in [0.4, 0.5) is 5.69 Å². The van der Waals surface area contributed by atoms with Crippen LogP contribution in [0.5, 0.6) is 0 Å². The summed E-state index contributed by atoms with van der Waals surface area (Å²) in [5.41, 5.74) is 1.04. The third-order valence-electron chi connectivity index (χ3n) is 6.75. The monoisotopic (exact) mass is 612 g/mol. The predicted octanol–water partition coefficient (Wildman–Crippen LogP) is 4.15. The lowest BCUT2D eigenvalue weighted by atomic mass is 9.99. The minimum atomic E-state index is -1.29. The Kier molecular flexibility index (Phi) is 9.76. The van der Waals surface area contributed by atoms with Gasteiger partial charge in [0.2, 0.25) is 5.91 Å². The summed E-state index contributed by atoms with van der Waals surface area (Å²) in [6.07, 6.45) is 2.66. The fraction of sp³-hybridized carbons (Fsp3) is 0.241. The van der Waals surface area contributed by atoms with E-state index in [4.69, 9.17) is 28.3 Å². The van der Waals surface area contributed by atoms with Gasteiger partial charge in [0.1, 0.15) is 17.8 Å². The van der Waals surface area contributed by atoms with Crippen molar-refractivity contribution in [2.45, 2.75) is 37.8 Å². The van der Waals surface area contributed by atoms with E-state index in [2.05, 4.69) is 15.6 Å². The smallest absolute Gasteiger partial charge is 0.337 e. The van der Waals surface area contributed by atoms with E-state index in [0.29, 0.717) is 30.5 Å². The van der Waals surface area contributed by atoms with E-state index in [0.717, 1.165) is 6.20 Å². The quantitative estimate of drug-likeness (QED) is 0.280. The van der Waals surface area contributed by atoms with Crippen molar-refractivity contribution in [3.63, 3.8) is 0 Å². The van der Waals surface area contributed by atoms with Crippen LogP contribution < -0.4 is 10.6 Å². The number of nitrogens with one attached hydrogen (secondary N) is 2. The second-order valence-corrected chi connectivity index (χ2v) is 10.4. The number of carbonyl (C=O) groups is 5. The molecule has 11 nitrogen and oxygen atoms in total. The summed E-state index contributed by atoms with van der Waals surface area (Å²) in [4.78, 5) is 67.4. The highest BCUT2D eigenvalue weighted by Crippen LogP contribution is 2.25. The summed E-state index contributed by atoms with van der Waals surface area (Å²) in [6.45, 7) is 0.267. The minimum absolute atomic E-state index is 0.0153. The lowest BCUT2D eigenvalue weighted by Gasteiger charge is -2.35. The molecule has 1 fully saturated rings. The number of pyridine rings is 1. The molecule has 1 aliphatic rings. The molecule has 1 unspecified atom stereocenters. The SMILES string of the molecule is O=C(O)c1ccc(C(=O)N2CCCCC2C(=O)N[C@@H](Cc2ccc(NC(=O)c3c(Cl)cccc3Cl)cc2)C(=O)O)nc1. The van der Waals surface area contributed by atoms with Crippen molar-refractivity contribution in [3.05, 3.63) is 93.2 Å². The van der Waals surface area contributed by atoms with Gasteiger partial charge in [-0.3, -0.25) is 19.4 Å². The number of anilines is 1. The van der Waals surface area contributed by atoms with Gasteiger partial charge >= 0.3 is 11.9 Å². The number of carboxylic acid groups (broad SMARTS) is 2. The van der Waals surface area contributed by atoms with Gasteiger partial charge in [0.05, 0.1) is 21.2 Å². The van der Waals surface area contributed by atoms with Crippen LogP contribution in [0.1, 0.15) is 56.0 Å². The molecule has 0 spiro atoms. The normalized spacial score (nSPS) is 15.4. The molecule has 1 aromatic heterocycles. The van der Waals surface area contributed by atoms with Crippen molar-refractivity contribution in [1.29, 1.82) is 0 Å². The summed E-state index contributed by atoms with van der Waals surface area (Å²) in [5.74, 6) is -4.10. The summed E-state index contributed by atoms with van der Waals surface area (Å²) in [7, 11) is 0. The highest BCUT2D eigenvalue weighted by molar-refractivity contribution is 6.40. The molecule has 42 heavy (non-hydrogen) atoms.